The van der Waals surface area contributed by atoms with Crippen LogP contribution in [0.3, 0.4) is 0 Å². The third kappa shape index (κ3) is 4.20. The molecule has 2 N–H and O–H groups in total. The molecule has 112 valence electrons. The number of nitrogens with one attached hydrogen (secondary N) is 2. The Bertz CT molecular complexity index is 500. The summed E-state index contributed by atoms with van der Waals surface area (Å²) in [6.45, 7) is 4.79. The molecule has 1 aromatic carbocycles. The van der Waals surface area contributed by atoms with Crippen LogP contribution in [0.2, 0.25) is 0 Å². The summed E-state index contributed by atoms with van der Waals surface area (Å²) in [5.41, 5.74) is 1.32. The molecule has 0 aliphatic carbocycles. The van der Waals surface area contributed by atoms with Crippen LogP contribution in [0.15, 0.2) is 24.3 Å². The van der Waals surface area contributed by atoms with Gasteiger partial charge in [0.15, 0.2) is 0 Å². The topological polar surface area (TPSA) is 68.2 Å². The Balaban J connectivity index is 2.01. The third-order valence-corrected chi connectivity index (χ3v) is 3.74. The van der Waals surface area contributed by atoms with E-state index in [0.29, 0.717) is 11.6 Å². The number of benzene rings is 1. The summed E-state index contributed by atoms with van der Waals surface area (Å²) < 4.78 is 0. The number of amides is 2. The summed E-state index contributed by atoms with van der Waals surface area (Å²) in [5, 5.41) is 15.0. The SMILES string of the molecule is CCCN(C(=O)Nc1ccc(C#N)cc1)C1CCNCC1. The van der Waals surface area contributed by atoms with Gasteiger partial charge in [-0.05, 0) is 56.6 Å². The quantitative estimate of drug-likeness (QED) is 0.893. The number of carbonyl (C=O) groups excluding carboxylic acids is 1. The van der Waals surface area contributed by atoms with Gasteiger partial charge in [0, 0.05) is 18.3 Å². The maximum Gasteiger partial charge on any atom is 0.322 e. The van der Waals surface area contributed by atoms with Crippen LogP contribution in [0.25, 0.3) is 0 Å². The minimum atomic E-state index is -0.0477. The van der Waals surface area contributed by atoms with Gasteiger partial charge in [-0.25, -0.2) is 4.79 Å². The number of carbonyl (C=O) groups is 1. The number of anilines is 1. The molecule has 0 saturated carbocycles. The molecular weight excluding hydrogens is 264 g/mol. The molecule has 1 saturated heterocycles. The summed E-state index contributed by atoms with van der Waals surface area (Å²) in [4.78, 5) is 14.4. The molecule has 0 unspecified atom stereocenters. The molecule has 0 bridgehead atoms. The lowest BCUT2D eigenvalue weighted by Gasteiger charge is -2.34. The highest BCUT2D eigenvalue weighted by molar-refractivity contribution is 5.89. The first-order chi connectivity index (χ1) is 10.2. The third-order valence-electron chi connectivity index (χ3n) is 3.74. The Hall–Kier alpha value is -2.06. The van der Waals surface area contributed by atoms with Gasteiger partial charge in [0.05, 0.1) is 11.6 Å². The minimum absolute atomic E-state index is 0.0477. The Kier molecular flexibility index (Phi) is 5.59. The average molecular weight is 286 g/mol. The van der Waals surface area contributed by atoms with Crippen LogP contribution in [0, 0.1) is 11.3 Å². The van der Waals surface area contributed by atoms with E-state index >= 15 is 0 Å². The van der Waals surface area contributed by atoms with E-state index in [4.69, 9.17) is 5.26 Å². The zero-order chi connectivity index (χ0) is 15.1. The minimum Gasteiger partial charge on any atom is -0.321 e. The van der Waals surface area contributed by atoms with Crippen LogP contribution in [-0.2, 0) is 0 Å². The number of nitrogens with zero attached hydrogens (tertiary/aromatic N) is 2. The fourth-order valence-electron chi connectivity index (χ4n) is 2.63. The van der Waals surface area contributed by atoms with E-state index in [2.05, 4.69) is 23.6 Å². The highest BCUT2D eigenvalue weighted by Gasteiger charge is 2.24. The van der Waals surface area contributed by atoms with Gasteiger partial charge < -0.3 is 15.5 Å². The fourth-order valence-corrected chi connectivity index (χ4v) is 2.63. The number of hydrogen-bond acceptors (Lipinski definition) is 3. The summed E-state index contributed by atoms with van der Waals surface area (Å²) in [6.07, 6.45) is 2.95. The van der Waals surface area contributed by atoms with Crippen molar-refractivity contribution < 1.29 is 4.79 Å². The van der Waals surface area contributed by atoms with Crippen molar-refractivity contribution in [2.24, 2.45) is 0 Å². The molecule has 5 nitrogen and oxygen atoms in total. The first-order valence-electron chi connectivity index (χ1n) is 7.53. The van der Waals surface area contributed by atoms with Gasteiger partial charge in [-0.2, -0.15) is 5.26 Å². The number of rotatable bonds is 4. The van der Waals surface area contributed by atoms with Gasteiger partial charge in [0.25, 0.3) is 0 Å². The van der Waals surface area contributed by atoms with Gasteiger partial charge >= 0.3 is 6.03 Å². The van der Waals surface area contributed by atoms with E-state index in [1.165, 1.54) is 0 Å². The molecule has 1 aliphatic heterocycles. The van der Waals surface area contributed by atoms with Gasteiger partial charge in [-0.3, -0.25) is 0 Å². The summed E-state index contributed by atoms with van der Waals surface area (Å²) >= 11 is 0. The zero-order valence-corrected chi connectivity index (χ0v) is 12.4. The van der Waals surface area contributed by atoms with E-state index in [0.717, 1.165) is 44.6 Å². The van der Waals surface area contributed by atoms with Crippen molar-refractivity contribution >= 4 is 11.7 Å². The van der Waals surface area contributed by atoms with Crippen LogP contribution < -0.4 is 10.6 Å². The van der Waals surface area contributed by atoms with E-state index in [1.54, 1.807) is 24.3 Å². The molecule has 0 atom stereocenters. The highest BCUT2D eigenvalue weighted by Crippen LogP contribution is 2.15. The maximum atomic E-state index is 12.5. The normalized spacial score (nSPS) is 15.2. The Morgan fingerprint density at radius 3 is 2.62 bits per heavy atom. The Morgan fingerprint density at radius 1 is 1.38 bits per heavy atom. The number of hydrogen-bond donors (Lipinski definition) is 2. The van der Waals surface area contributed by atoms with Gasteiger partial charge in [-0.1, -0.05) is 6.92 Å². The fraction of sp³-hybridized carbons (Fsp3) is 0.500. The monoisotopic (exact) mass is 286 g/mol. The van der Waals surface area contributed by atoms with Crippen molar-refractivity contribution in [2.45, 2.75) is 32.2 Å². The Labute approximate surface area is 125 Å². The molecule has 1 fully saturated rings. The molecule has 0 aromatic heterocycles. The summed E-state index contributed by atoms with van der Waals surface area (Å²) in [6, 6.07) is 9.29. The van der Waals surface area contributed by atoms with Gasteiger partial charge in [-0.15, -0.1) is 0 Å². The molecule has 2 rings (SSSR count). The molecule has 21 heavy (non-hydrogen) atoms. The molecule has 1 aliphatic rings. The molecular formula is C16H22N4O. The second-order valence-corrected chi connectivity index (χ2v) is 5.29. The largest absolute Gasteiger partial charge is 0.322 e. The van der Waals surface area contributed by atoms with E-state index in [-0.39, 0.29) is 6.03 Å². The first-order valence-corrected chi connectivity index (χ1v) is 7.53. The summed E-state index contributed by atoms with van der Waals surface area (Å²) in [5.74, 6) is 0. The van der Waals surface area contributed by atoms with E-state index < -0.39 is 0 Å². The number of piperidine rings is 1. The van der Waals surface area contributed by atoms with Crippen LogP contribution in [0.4, 0.5) is 10.5 Å². The van der Waals surface area contributed by atoms with Gasteiger partial charge in [0.2, 0.25) is 0 Å². The lowest BCUT2D eigenvalue weighted by molar-refractivity contribution is 0.171. The van der Waals surface area contributed by atoms with Crippen molar-refractivity contribution in [1.29, 1.82) is 5.26 Å². The number of urea groups is 1. The second kappa shape index (κ2) is 7.65. The van der Waals surface area contributed by atoms with E-state index in [1.807, 2.05) is 4.90 Å². The number of nitriles is 1. The van der Waals surface area contributed by atoms with Crippen molar-refractivity contribution in [3.63, 3.8) is 0 Å². The second-order valence-electron chi connectivity index (χ2n) is 5.29. The predicted octanol–water partition coefficient (Wildman–Crippen LogP) is 2.55. The van der Waals surface area contributed by atoms with Crippen LogP contribution in [-0.4, -0.2) is 36.6 Å². The predicted molar refractivity (Wildman–Crippen MR) is 83.1 cm³/mol. The van der Waals surface area contributed by atoms with E-state index in [9.17, 15) is 4.79 Å². The Morgan fingerprint density at radius 2 is 2.05 bits per heavy atom. The van der Waals surface area contributed by atoms with Crippen molar-refractivity contribution in [2.75, 3.05) is 25.0 Å². The van der Waals surface area contributed by atoms with Crippen molar-refractivity contribution in [1.82, 2.24) is 10.2 Å². The van der Waals surface area contributed by atoms with Crippen LogP contribution >= 0.6 is 0 Å². The molecule has 0 radical (unpaired) electrons. The maximum absolute atomic E-state index is 12.5. The van der Waals surface area contributed by atoms with Crippen LogP contribution in [0.1, 0.15) is 31.7 Å². The molecule has 5 heteroatoms. The zero-order valence-electron chi connectivity index (χ0n) is 12.4. The molecule has 1 heterocycles. The average Bonchev–Trinajstić information content (AvgIpc) is 2.54. The summed E-state index contributed by atoms with van der Waals surface area (Å²) in [7, 11) is 0. The molecule has 0 spiro atoms. The van der Waals surface area contributed by atoms with Crippen molar-refractivity contribution in [3.8, 4) is 6.07 Å². The highest BCUT2D eigenvalue weighted by atomic mass is 16.2. The smallest absolute Gasteiger partial charge is 0.321 e. The van der Waals surface area contributed by atoms with Gasteiger partial charge in [0.1, 0.15) is 0 Å². The lowest BCUT2D eigenvalue weighted by atomic mass is 10.0. The standard InChI is InChI=1S/C16H22N4O/c1-2-11-20(15-7-9-18-10-8-15)16(21)19-14-5-3-13(12-17)4-6-14/h3-6,15,18H,2,7-11H2,1H3,(H,19,21). The van der Waals surface area contributed by atoms with Crippen LogP contribution in [0.5, 0.6) is 0 Å². The first kappa shape index (κ1) is 15.3. The molecule has 2 amide bonds. The van der Waals surface area contributed by atoms with Crippen molar-refractivity contribution in [3.05, 3.63) is 29.8 Å². The lowest BCUT2D eigenvalue weighted by Crippen LogP contribution is -2.48. The molecule has 1 aromatic rings.